The second kappa shape index (κ2) is 11.0. The number of hydrogen-bond donors (Lipinski definition) is 2. The van der Waals surface area contributed by atoms with Crippen LogP contribution in [0.1, 0.15) is 15.9 Å². The standard InChI is InChI=1S/C19H20Br2N2O5/c1-12-9-13(20)3-5-16(12)28-11-18(24)22-23-19(25)15-10-14(21)4-6-17(15)27-8-7-26-2/h3-6,9-10H,7-8,11H2,1-2H3,(H,22,24)(H,23,25). The summed E-state index contributed by atoms with van der Waals surface area (Å²) < 4.78 is 17.6. The van der Waals surface area contributed by atoms with E-state index in [2.05, 4.69) is 42.7 Å². The Morgan fingerprint density at radius 1 is 0.929 bits per heavy atom. The highest BCUT2D eigenvalue weighted by Crippen LogP contribution is 2.23. The number of carbonyl (C=O) groups is 2. The van der Waals surface area contributed by atoms with Gasteiger partial charge in [0.05, 0.1) is 12.2 Å². The minimum atomic E-state index is -0.512. The van der Waals surface area contributed by atoms with Gasteiger partial charge in [-0.3, -0.25) is 20.4 Å². The zero-order valence-corrected chi connectivity index (χ0v) is 18.6. The van der Waals surface area contributed by atoms with Crippen LogP contribution in [0.4, 0.5) is 0 Å². The minimum absolute atomic E-state index is 0.238. The van der Waals surface area contributed by atoms with Crippen LogP contribution in [0.25, 0.3) is 0 Å². The molecule has 2 aromatic carbocycles. The normalized spacial score (nSPS) is 10.3. The molecule has 0 saturated heterocycles. The van der Waals surface area contributed by atoms with Gasteiger partial charge in [0.15, 0.2) is 6.61 Å². The van der Waals surface area contributed by atoms with Gasteiger partial charge in [-0.25, -0.2) is 0 Å². The third-order valence-electron chi connectivity index (χ3n) is 3.54. The minimum Gasteiger partial charge on any atom is -0.490 e. The Morgan fingerprint density at radius 2 is 1.61 bits per heavy atom. The molecular weight excluding hydrogens is 496 g/mol. The van der Waals surface area contributed by atoms with Gasteiger partial charge in [-0.1, -0.05) is 31.9 Å². The predicted molar refractivity (Wildman–Crippen MR) is 111 cm³/mol. The zero-order valence-electron chi connectivity index (χ0n) is 15.4. The van der Waals surface area contributed by atoms with Gasteiger partial charge < -0.3 is 14.2 Å². The molecule has 2 N–H and O–H groups in total. The second-order valence-electron chi connectivity index (χ2n) is 5.68. The lowest BCUT2D eigenvalue weighted by molar-refractivity contribution is -0.123. The molecule has 28 heavy (non-hydrogen) atoms. The Bertz CT molecular complexity index is 845. The van der Waals surface area contributed by atoms with E-state index < -0.39 is 11.8 Å². The van der Waals surface area contributed by atoms with Gasteiger partial charge in [0.2, 0.25) is 0 Å². The lowest BCUT2D eigenvalue weighted by Crippen LogP contribution is -2.44. The van der Waals surface area contributed by atoms with Crippen molar-refractivity contribution in [2.24, 2.45) is 0 Å². The number of methoxy groups -OCH3 is 1. The Labute approximate surface area is 180 Å². The van der Waals surface area contributed by atoms with E-state index in [-0.39, 0.29) is 12.2 Å². The van der Waals surface area contributed by atoms with Crippen molar-refractivity contribution >= 4 is 43.7 Å². The fraction of sp³-hybridized carbons (Fsp3) is 0.263. The van der Waals surface area contributed by atoms with E-state index in [1.165, 1.54) is 0 Å². The molecule has 7 nitrogen and oxygen atoms in total. The van der Waals surface area contributed by atoms with E-state index in [4.69, 9.17) is 14.2 Å². The predicted octanol–water partition coefficient (Wildman–Crippen LogP) is 3.39. The summed E-state index contributed by atoms with van der Waals surface area (Å²) in [5, 5.41) is 0. The molecule has 0 radical (unpaired) electrons. The van der Waals surface area contributed by atoms with E-state index in [0.717, 1.165) is 10.0 Å². The van der Waals surface area contributed by atoms with E-state index in [0.29, 0.717) is 29.2 Å². The number of carbonyl (C=O) groups excluding carboxylic acids is 2. The maximum atomic E-state index is 12.4. The summed E-state index contributed by atoms with van der Waals surface area (Å²) in [4.78, 5) is 24.4. The lowest BCUT2D eigenvalue weighted by atomic mass is 10.2. The van der Waals surface area contributed by atoms with Gasteiger partial charge in [-0.05, 0) is 48.9 Å². The first-order valence-electron chi connectivity index (χ1n) is 8.30. The summed E-state index contributed by atoms with van der Waals surface area (Å²) in [5.74, 6) is -0.0337. The van der Waals surface area contributed by atoms with Crippen molar-refractivity contribution in [2.75, 3.05) is 26.9 Å². The summed E-state index contributed by atoms with van der Waals surface area (Å²) in [6, 6.07) is 10.5. The van der Waals surface area contributed by atoms with Crippen molar-refractivity contribution in [3.05, 3.63) is 56.5 Å². The SMILES string of the molecule is COCCOc1ccc(Br)cc1C(=O)NNC(=O)COc1ccc(Br)cc1C. The van der Waals surface area contributed by atoms with Crippen molar-refractivity contribution in [3.63, 3.8) is 0 Å². The largest absolute Gasteiger partial charge is 0.490 e. The molecular formula is C19H20Br2N2O5. The molecule has 0 aromatic heterocycles. The number of rotatable bonds is 8. The van der Waals surface area contributed by atoms with E-state index in [1.54, 1.807) is 31.4 Å². The van der Waals surface area contributed by atoms with Crippen LogP contribution in [0.5, 0.6) is 11.5 Å². The van der Waals surface area contributed by atoms with E-state index >= 15 is 0 Å². The molecule has 2 amide bonds. The molecule has 0 saturated carbocycles. The van der Waals surface area contributed by atoms with Crippen molar-refractivity contribution in [2.45, 2.75) is 6.92 Å². The molecule has 2 rings (SSSR count). The van der Waals surface area contributed by atoms with E-state index in [1.807, 2.05) is 19.1 Å². The van der Waals surface area contributed by atoms with Gasteiger partial charge in [0.25, 0.3) is 11.8 Å². The number of hydrogen-bond acceptors (Lipinski definition) is 5. The number of nitrogens with one attached hydrogen (secondary N) is 2. The molecule has 0 aliphatic carbocycles. The Morgan fingerprint density at radius 3 is 2.29 bits per heavy atom. The average Bonchev–Trinajstić information content (AvgIpc) is 2.66. The average molecular weight is 516 g/mol. The van der Waals surface area contributed by atoms with Crippen LogP contribution < -0.4 is 20.3 Å². The smallest absolute Gasteiger partial charge is 0.276 e. The van der Waals surface area contributed by atoms with Crippen molar-refractivity contribution in [3.8, 4) is 11.5 Å². The molecule has 0 bridgehead atoms. The maximum Gasteiger partial charge on any atom is 0.276 e. The van der Waals surface area contributed by atoms with Gasteiger partial charge in [0, 0.05) is 16.1 Å². The van der Waals surface area contributed by atoms with Crippen LogP contribution in [0, 0.1) is 6.92 Å². The van der Waals surface area contributed by atoms with Crippen LogP contribution in [0.3, 0.4) is 0 Å². The molecule has 0 atom stereocenters. The lowest BCUT2D eigenvalue weighted by Gasteiger charge is -2.13. The fourth-order valence-electron chi connectivity index (χ4n) is 2.19. The summed E-state index contributed by atoms with van der Waals surface area (Å²) >= 11 is 6.69. The highest BCUT2D eigenvalue weighted by atomic mass is 79.9. The fourth-order valence-corrected chi connectivity index (χ4v) is 3.03. The van der Waals surface area contributed by atoms with Crippen molar-refractivity contribution < 1.29 is 23.8 Å². The molecule has 0 spiro atoms. The van der Waals surface area contributed by atoms with Crippen LogP contribution >= 0.6 is 31.9 Å². The van der Waals surface area contributed by atoms with Gasteiger partial charge in [0.1, 0.15) is 18.1 Å². The summed E-state index contributed by atoms with van der Waals surface area (Å²) in [7, 11) is 1.56. The van der Waals surface area contributed by atoms with Gasteiger partial charge in [-0.15, -0.1) is 0 Å². The Kier molecular flexibility index (Phi) is 8.75. The van der Waals surface area contributed by atoms with Crippen LogP contribution in [-0.4, -0.2) is 38.7 Å². The van der Waals surface area contributed by atoms with Crippen molar-refractivity contribution in [1.82, 2.24) is 10.9 Å². The first-order chi connectivity index (χ1) is 13.4. The van der Waals surface area contributed by atoms with Crippen LogP contribution in [0.15, 0.2) is 45.3 Å². The summed E-state index contributed by atoms with van der Waals surface area (Å²) in [5.41, 5.74) is 5.85. The van der Waals surface area contributed by atoms with Crippen LogP contribution in [0.2, 0.25) is 0 Å². The number of aryl methyl sites for hydroxylation is 1. The second-order valence-corrected chi connectivity index (χ2v) is 7.51. The topological polar surface area (TPSA) is 85.9 Å². The maximum absolute atomic E-state index is 12.4. The number of halogens is 2. The highest BCUT2D eigenvalue weighted by molar-refractivity contribution is 9.10. The number of amides is 2. The van der Waals surface area contributed by atoms with Crippen LogP contribution in [-0.2, 0) is 9.53 Å². The third-order valence-corrected chi connectivity index (χ3v) is 4.53. The zero-order chi connectivity index (χ0) is 20.5. The number of ether oxygens (including phenoxy) is 3. The monoisotopic (exact) mass is 514 g/mol. The first-order valence-corrected chi connectivity index (χ1v) is 9.88. The Balaban J connectivity index is 1.90. The molecule has 9 heteroatoms. The third kappa shape index (κ3) is 6.81. The number of benzene rings is 2. The molecule has 0 fully saturated rings. The highest BCUT2D eigenvalue weighted by Gasteiger charge is 2.15. The molecule has 0 aliphatic heterocycles. The molecule has 0 heterocycles. The summed E-state index contributed by atoms with van der Waals surface area (Å²) in [6.07, 6.45) is 0. The van der Waals surface area contributed by atoms with Gasteiger partial charge in [-0.2, -0.15) is 0 Å². The molecule has 2 aromatic rings. The van der Waals surface area contributed by atoms with Gasteiger partial charge >= 0.3 is 0 Å². The first kappa shape index (κ1) is 22.2. The molecule has 0 aliphatic rings. The van der Waals surface area contributed by atoms with Crippen molar-refractivity contribution in [1.29, 1.82) is 0 Å². The quantitative estimate of drug-likeness (QED) is 0.416. The number of hydrazine groups is 1. The molecule has 0 unspecified atom stereocenters. The molecule has 150 valence electrons. The Hall–Kier alpha value is -2.10. The summed E-state index contributed by atoms with van der Waals surface area (Å²) in [6.45, 7) is 2.32. The van der Waals surface area contributed by atoms with E-state index in [9.17, 15) is 9.59 Å².